The van der Waals surface area contributed by atoms with Gasteiger partial charge in [0.2, 0.25) is 0 Å². The van der Waals surface area contributed by atoms with Gasteiger partial charge in [0.05, 0.1) is 0 Å². The van der Waals surface area contributed by atoms with Crippen LogP contribution in [-0.4, -0.2) is 14.5 Å². The van der Waals surface area contributed by atoms with Crippen LogP contribution < -0.4 is 0 Å². The molecule has 7 heavy (non-hydrogen) atoms. The lowest BCUT2D eigenvalue weighted by molar-refractivity contribution is 0.568. The van der Waals surface area contributed by atoms with Gasteiger partial charge in [-0.3, -0.25) is 0 Å². The highest BCUT2D eigenvalue weighted by Gasteiger charge is 1.81. The highest BCUT2D eigenvalue weighted by molar-refractivity contribution is 9.12. The molecule has 0 heterocycles. The first-order valence-corrected chi connectivity index (χ1v) is 3.50. The molecule has 0 aliphatic carbocycles. The van der Waals surface area contributed by atoms with E-state index < -0.39 is 11.1 Å². The summed E-state index contributed by atoms with van der Waals surface area (Å²) in [6, 6.07) is 0. The quantitative estimate of drug-likeness (QED) is 0.476. The predicted molar refractivity (Wildman–Crippen MR) is 32.3 cm³/mol. The summed E-state index contributed by atoms with van der Waals surface area (Å²) < 4.78 is 17.8. The van der Waals surface area contributed by atoms with Crippen LogP contribution in [0.3, 0.4) is 0 Å². The molecule has 0 rings (SSSR count). The lowest BCUT2D eigenvalue weighted by atomic mass is 10.8. The zero-order valence-corrected chi connectivity index (χ0v) is 5.75. The van der Waals surface area contributed by atoms with Crippen molar-refractivity contribution in [3.63, 3.8) is 0 Å². The molecule has 1 unspecified atom stereocenters. The fourth-order valence-corrected chi connectivity index (χ4v) is 0.610. The van der Waals surface area contributed by atoms with Crippen LogP contribution in [0.15, 0.2) is 0 Å². The first-order valence-electron chi connectivity index (χ1n) is 1.43. The second-order valence-electron chi connectivity index (χ2n) is 0.737. The van der Waals surface area contributed by atoms with Crippen LogP contribution in [-0.2, 0) is 11.1 Å². The molecule has 0 fully saturated rings. The van der Waals surface area contributed by atoms with E-state index in [1.807, 2.05) is 0 Å². The van der Waals surface area contributed by atoms with Crippen LogP contribution in [0.4, 0.5) is 0 Å². The van der Waals surface area contributed by atoms with Gasteiger partial charge < -0.3 is 4.55 Å². The summed E-state index contributed by atoms with van der Waals surface area (Å²) in [5, 5.41) is 0. The van der Waals surface area contributed by atoms with Crippen molar-refractivity contribution in [2.75, 3.05) is 5.75 Å². The third-order valence-electron chi connectivity index (χ3n) is 0.262. The minimum atomic E-state index is -1.77. The van der Waals surface area contributed by atoms with Gasteiger partial charge in [-0.15, -0.1) is 0 Å². The van der Waals surface area contributed by atoms with Crippen molar-refractivity contribution in [2.24, 2.45) is 0 Å². The fraction of sp³-hybridized carbons (Fsp3) is 0.333. The van der Waals surface area contributed by atoms with E-state index in [-0.39, 0.29) is 5.75 Å². The smallest absolute Gasteiger partial charge is 0.165 e. The van der Waals surface area contributed by atoms with Crippen molar-refractivity contribution in [2.45, 2.75) is 0 Å². The Morgan fingerprint density at radius 1 is 1.86 bits per heavy atom. The topological polar surface area (TPSA) is 37.3 Å². The lowest BCUT2D eigenvalue weighted by Crippen LogP contribution is -1.88. The van der Waals surface area contributed by atoms with E-state index in [0.717, 1.165) is 0 Å². The molecule has 0 saturated carbocycles. The summed E-state index contributed by atoms with van der Waals surface area (Å²) in [5.74, 6) is 2.38. The third-order valence-corrected chi connectivity index (χ3v) is 0.934. The number of hydrogen-bond donors (Lipinski definition) is 1. The number of rotatable bonds is 1. The molecule has 0 amide bonds. The van der Waals surface area contributed by atoms with Crippen molar-refractivity contribution in [3.8, 4) is 10.8 Å². The Morgan fingerprint density at radius 2 is 2.43 bits per heavy atom. The molecule has 0 aliphatic rings. The van der Waals surface area contributed by atoms with Crippen LogP contribution in [0.25, 0.3) is 0 Å². The summed E-state index contributed by atoms with van der Waals surface area (Å²) in [7, 11) is 0. The molecule has 0 aromatic carbocycles. The molecule has 40 valence electrons. The molecule has 0 bridgehead atoms. The standard InChI is InChI=1S/C3H3BrO2S/c4-2-1-3-7(5)6/h3H2,(H,5,6). The van der Waals surface area contributed by atoms with E-state index >= 15 is 0 Å². The van der Waals surface area contributed by atoms with Gasteiger partial charge in [-0.1, -0.05) is 5.92 Å². The first kappa shape index (κ1) is 7.15. The largest absolute Gasteiger partial charge is 0.305 e. The molecule has 0 spiro atoms. The van der Waals surface area contributed by atoms with Crippen molar-refractivity contribution < 1.29 is 8.76 Å². The normalized spacial score (nSPS) is 11.7. The Balaban J connectivity index is 3.26. The second kappa shape index (κ2) is 4.31. The van der Waals surface area contributed by atoms with Crippen LogP contribution in [0.1, 0.15) is 0 Å². The maximum absolute atomic E-state index is 9.75. The van der Waals surface area contributed by atoms with Crippen LogP contribution >= 0.6 is 15.9 Å². The van der Waals surface area contributed by atoms with Crippen molar-refractivity contribution >= 4 is 27.0 Å². The lowest BCUT2D eigenvalue weighted by Gasteiger charge is -1.74. The van der Waals surface area contributed by atoms with E-state index in [2.05, 4.69) is 26.7 Å². The number of halogens is 1. The van der Waals surface area contributed by atoms with Crippen LogP contribution in [0.2, 0.25) is 0 Å². The van der Waals surface area contributed by atoms with Crippen LogP contribution in [0.5, 0.6) is 0 Å². The van der Waals surface area contributed by atoms with Gasteiger partial charge in [-0.05, 0) is 4.83 Å². The average Bonchev–Trinajstić information content (AvgIpc) is 1.61. The van der Waals surface area contributed by atoms with Crippen LogP contribution in [0, 0.1) is 10.8 Å². The molecule has 0 aliphatic heterocycles. The Bertz CT molecular complexity index is 123. The van der Waals surface area contributed by atoms with Gasteiger partial charge in [-0.25, -0.2) is 4.21 Å². The van der Waals surface area contributed by atoms with E-state index in [1.165, 1.54) is 0 Å². The summed E-state index contributed by atoms with van der Waals surface area (Å²) in [4.78, 5) is 2.31. The average molecular weight is 183 g/mol. The van der Waals surface area contributed by atoms with Gasteiger partial charge in [0.15, 0.2) is 11.1 Å². The predicted octanol–water partition coefficient (Wildman–Crippen LogP) is 0.564. The zero-order chi connectivity index (χ0) is 5.70. The molecule has 1 N–H and O–H groups in total. The van der Waals surface area contributed by atoms with E-state index in [1.54, 1.807) is 0 Å². The Labute approximate surface area is 52.7 Å². The second-order valence-corrected chi connectivity index (χ2v) is 2.07. The van der Waals surface area contributed by atoms with Gasteiger partial charge >= 0.3 is 0 Å². The summed E-state index contributed by atoms with van der Waals surface area (Å²) in [6.45, 7) is 0. The molecular formula is C3H3BrO2S. The Kier molecular flexibility index (Phi) is 4.41. The van der Waals surface area contributed by atoms with Gasteiger partial charge in [0.25, 0.3) is 0 Å². The van der Waals surface area contributed by atoms with E-state index in [9.17, 15) is 4.21 Å². The minimum absolute atomic E-state index is 0.0191. The fourth-order valence-electron chi connectivity index (χ4n) is 0.0890. The molecule has 4 heteroatoms. The zero-order valence-electron chi connectivity index (χ0n) is 3.35. The molecule has 2 nitrogen and oxygen atoms in total. The van der Waals surface area contributed by atoms with Gasteiger partial charge in [0, 0.05) is 15.9 Å². The Hall–Kier alpha value is 0.150. The summed E-state index contributed by atoms with van der Waals surface area (Å²) >= 11 is 1.00. The third kappa shape index (κ3) is 6.15. The van der Waals surface area contributed by atoms with E-state index in [0.29, 0.717) is 0 Å². The molecule has 1 atom stereocenters. The summed E-state index contributed by atoms with van der Waals surface area (Å²) in [5.41, 5.74) is 0. The monoisotopic (exact) mass is 182 g/mol. The number of hydrogen-bond acceptors (Lipinski definition) is 1. The highest BCUT2D eigenvalue weighted by atomic mass is 79.9. The molecule has 0 radical (unpaired) electrons. The maximum Gasteiger partial charge on any atom is 0.165 e. The molecular weight excluding hydrogens is 180 g/mol. The maximum atomic E-state index is 9.75. The highest BCUT2D eigenvalue weighted by Crippen LogP contribution is 1.72. The molecule has 0 aromatic rings. The first-order chi connectivity index (χ1) is 3.27. The Morgan fingerprint density at radius 3 is 2.57 bits per heavy atom. The van der Waals surface area contributed by atoms with Crippen molar-refractivity contribution in [1.82, 2.24) is 0 Å². The van der Waals surface area contributed by atoms with Gasteiger partial charge in [-0.2, -0.15) is 0 Å². The molecule has 0 saturated heterocycles. The van der Waals surface area contributed by atoms with Gasteiger partial charge in [0.1, 0.15) is 5.75 Å². The van der Waals surface area contributed by atoms with Crippen molar-refractivity contribution in [3.05, 3.63) is 0 Å². The van der Waals surface area contributed by atoms with E-state index in [4.69, 9.17) is 4.55 Å². The minimum Gasteiger partial charge on any atom is -0.305 e. The summed E-state index contributed by atoms with van der Waals surface area (Å²) in [6.07, 6.45) is 0. The molecule has 0 aromatic heterocycles. The SMILES string of the molecule is O=S(O)CC#CBr. The van der Waals surface area contributed by atoms with Crippen molar-refractivity contribution in [1.29, 1.82) is 0 Å².